The van der Waals surface area contributed by atoms with Crippen LogP contribution in [0.2, 0.25) is 0 Å². The lowest BCUT2D eigenvalue weighted by molar-refractivity contribution is 0.396. The van der Waals surface area contributed by atoms with Gasteiger partial charge in [0.05, 0.1) is 13.7 Å². The maximum absolute atomic E-state index is 5.08. The second-order valence-corrected chi connectivity index (χ2v) is 4.31. The molecule has 0 radical (unpaired) electrons. The van der Waals surface area contributed by atoms with Crippen molar-refractivity contribution in [3.8, 4) is 5.88 Å². The molecule has 0 aliphatic carbocycles. The topological polar surface area (TPSA) is 47.0 Å². The molecule has 4 nitrogen and oxygen atoms in total. The first-order valence-corrected chi connectivity index (χ1v) is 5.82. The van der Waals surface area contributed by atoms with Crippen molar-refractivity contribution in [2.45, 2.75) is 13.5 Å². The zero-order chi connectivity index (χ0) is 11.4. The molecule has 2 heterocycles. The van der Waals surface area contributed by atoms with E-state index in [4.69, 9.17) is 4.74 Å². The number of thiophene rings is 1. The van der Waals surface area contributed by atoms with Crippen molar-refractivity contribution in [1.29, 1.82) is 0 Å². The number of aromatic nitrogens is 2. The maximum atomic E-state index is 5.08. The lowest BCUT2D eigenvalue weighted by atomic mass is 10.4. The van der Waals surface area contributed by atoms with Gasteiger partial charge in [-0.2, -0.15) is 4.98 Å². The molecule has 0 fully saturated rings. The smallest absolute Gasteiger partial charge is 0.218 e. The molecule has 0 amide bonds. The lowest BCUT2D eigenvalue weighted by Crippen LogP contribution is -2.03. The number of methoxy groups -OCH3 is 1. The Balaban J connectivity index is 2.06. The Labute approximate surface area is 98.3 Å². The van der Waals surface area contributed by atoms with Gasteiger partial charge in [0.15, 0.2) is 0 Å². The zero-order valence-electron chi connectivity index (χ0n) is 9.23. The summed E-state index contributed by atoms with van der Waals surface area (Å²) in [7, 11) is 1.60. The molecule has 16 heavy (non-hydrogen) atoms. The fourth-order valence-electron chi connectivity index (χ4n) is 1.33. The van der Waals surface area contributed by atoms with Crippen LogP contribution in [0.4, 0.5) is 5.82 Å². The quantitative estimate of drug-likeness (QED) is 0.884. The summed E-state index contributed by atoms with van der Waals surface area (Å²) in [4.78, 5) is 9.68. The van der Waals surface area contributed by atoms with E-state index in [2.05, 4.69) is 26.7 Å². The summed E-state index contributed by atoms with van der Waals surface area (Å²) >= 11 is 1.72. The van der Waals surface area contributed by atoms with Crippen LogP contribution < -0.4 is 10.1 Å². The summed E-state index contributed by atoms with van der Waals surface area (Å²) in [6, 6.07) is 5.91. The van der Waals surface area contributed by atoms with Gasteiger partial charge in [0.2, 0.25) is 5.88 Å². The van der Waals surface area contributed by atoms with Crippen molar-refractivity contribution in [1.82, 2.24) is 9.97 Å². The predicted molar refractivity (Wildman–Crippen MR) is 65.0 cm³/mol. The van der Waals surface area contributed by atoms with Gasteiger partial charge in [-0.3, -0.25) is 0 Å². The molecular weight excluding hydrogens is 222 g/mol. The van der Waals surface area contributed by atoms with Gasteiger partial charge in [-0.25, -0.2) is 4.98 Å². The summed E-state index contributed by atoms with van der Waals surface area (Å²) in [5.74, 6) is 2.08. The fourth-order valence-corrected chi connectivity index (χ4v) is 1.97. The van der Waals surface area contributed by atoms with Crippen molar-refractivity contribution in [2.24, 2.45) is 0 Å². The van der Waals surface area contributed by atoms with E-state index in [0.29, 0.717) is 11.7 Å². The lowest BCUT2D eigenvalue weighted by Gasteiger charge is -2.06. The van der Waals surface area contributed by atoms with Crippen molar-refractivity contribution < 1.29 is 4.74 Å². The van der Waals surface area contributed by atoms with E-state index in [1.807, 2.05) is 13.0 Å². The highest BCUT2D eigenvalue weighted by Gasteiger charge is 2.01. The minimum Gasteiger partial charge on any atom is -0.481 e. The molecule has 0 atom stereocenters. The predicted octanol–water partition coefficient (Wildman–Crippen LogP) is 2.47. The number of hydrogen-bond acceptors (Lipinski definition) is 5. The molecule has 0 unspecified atom stereocenters. The third kappa shape index (κ3) is 2.70. The van der Waals surface area contributed by atoms with Crippen LogP contribution in [0.3, 0.4) is 0 Å². The summed E-state index contributed by atoms with van der Waals surface area (Å²) in [5, 5.41) is 5.30. The highest BCUT2D eigenvalue weighted by Crippen LogP contribution is 2.15. The van der Waals surface area contributed by atoms with E-state index in [1.165, 1.54) is 4.88 Å². The van der Waals surface area contributed by atoms with E-state index in [-0.39, 0.29) is 0 Å². The first kappa shape index (κ1) is 10.9. The molecular formula is C11H13N3OS. The number of nitrogens with zero attached hydrogens (tertiary/aromatic N) is 2. The van der Waals surface area contributed by atoms with Crippen molar-refractivity contribution in [3.63, 3.8) is 0 Å². The van der Waals surface area contributed by atoms with Crippen molar-refractivity contribution >= 4 is 17.2 Å². The third-order valence-electron chi connectivity index (χ3n) is 2.05. The molecule has 0 aromatic carbocycles. The molecule has 84 valence electrons. The first-order chi connectivity index (χ1) is 7.78. The average Bonchev–Trinajstić information content (AvgIpc) is 2.78. The van der Waals surface area contributed by atoms with Gasteiger partial charge in [-0.15, -0.1) is 11.3 Å². The number of aryl methyl sites for hydroxylation is 1. The number of anilines is 1. The minimum absolute atomic E-state index is 0.584. The van der Waals surface area contributed by atoms with Crippen LogP contribution in [-0.2, 0) is 6.54 Å². The standard InChI is InChI=1S/C11H13N3OS/c1-8-13-10(6-11(14-8)15-2)12-7-9-4-3-5-16-9/h3-6H,7H2,1-2H3,(H,12,13,14). The molecule has 0 bridgehead atoms. The van der Waals surface area contributed by atoms with Gasteiger partial charge in [0.25, 0.3) is 0 Å². The second kappa shape index (κ2) is 4.94. The number of rotatable bonds is 4. The van der Waals surface area contributed by atoms with Gasteiger partial charge >= 0.3 is 0 Å². The molecule has 2 rings (SSSR count). The SMILES string of the molecule is COc1cc(NCc2cccs2)nc(C)n1. The molecule has 0 aliphatic rings. The molecule has 5 heteroatoms. The van der Waals surface area contributed by atoms with Crippen LogP contribution in [0.15, 0.2) is 23.6 Å². The molecule has 2 aromatic heterocycles. The molecule has 1 N–H and O–H groups in total. The third-order valence-corrected chi connectivity index (χ3v) is 2.92. The number of nitrogens with one attached hydrogen (secondary N) is 1. The Morgan fingerprint density at radius 2 is 2.31 bits per heavy atom. The van der Waals surface area contributed by atoms with Gasteiger partial charge in [-0.1, -0.05) is 6.07 Å². The van der Waals surface area contributed by atoms with Crippen molar-refractivity contribution in [2.75, 3.05) is 12.4 Å². The van der Waals surface area contributed by atoms with Crippen molar-refractivity contribution in [3.05, 3.63) is 34.3 Å². The molecule has 0 saturated carbocycles. The summed E-state index contributed by atoms with van der Waals surface area (Å²) in [6.07, 6.45) is 0. The Kier molecular flexibility index (Phi) is 3.36. The number of ether oxygens (including phenoxy) is 1. The van der Waals surface area contributed by atoms with E-state index in [0.717, 1.165) is 12.4 Å². The van der Waals surface area contributed by atoms with Gasteiger partial charge in [-0.05, 0) is 18.4 Å². The highest BCUT2D eigenvalue weighted by molar-refractivity contribution is 7.09. The largest absolute Gasteiger partial charge is 0.481 e. The Morgan fingerprint density at radius 1 is 1.44 bits per heavy atom. The maximum Gasteiger partial charge on any atom is 0.218 e. The summed E-state index contributed by atoms with van der Waals surface area (Å²) in [6.45, 7) is 2.62. The Hall–Kier alpha value is -1.62. The van der Waals surface area contributed by atoms with E-state index >= 15 is 0 Å². The van der Waals surface area contributed by atoms with Gasteiger partial charge < -0.3 is 10.1 Å². The summed E-state index contributed by atoms with van der Waals surface area (Å²) in [5.41, 5.74) is 0. The Bertz CT molecular complexity index is 456. The van der Waals surface area contributed by atoms with Crippen LogP contribution in [0.1, 0.15) is 10.7 Å². The van der Waals surface area contributed by atoms with Crippen LogP contribution in [0.25, 0.3) is 0 Å². The molecule has 0 spiro atoms. The van der Waals surface area contributed by atoms with Crippen LogP contribution in [-0.4, -0.2) is 17.1 Å². The van der Waals surface area contributed by atoms with Gasteiger partial charge in [0, 0.05) is 10.9 Å². The van der Waals surface area contributed by atoms with Crippen LogP contribution in [0, 0.1) is 6.92 Å². The molecule has 0 aliphatic heterocycles. The van der Waals surface area contributed by atoms with E-state index in [1.54, 1.807) is 24.5 Å². The Morgan fingerprint density at radius 3 is 3.00 bits per heavy atom. The summed E-state index contributed by atoms with van der Waals surface area (Å²) < 4.78 is 5.08. The molecule has 0 saturated heterocycles. The second-order valence-electron chi connectivity index (χ2n) is 3.28. The van der Waals surface area contributed by atoms with Crippen LogP contribution in [0.5, 0.6) is 5.88 Å². The average molecular weight is 235 g/mol. The number of hydrogen-bond donors (Lipinski definition) is 1. The van der Waals surface area contributed by atoms with Crippen LogP contribution >= 0.6 is 11.3 Å². The van der Waals surface area contributed by atoms with E-state index in [9.17, 15) is 0 Å². The molecule has 2 aromatic rings. The fraction of sp³-hybridized carbons (Fsp3) is 0.273. The van der Waals surface area contributed by atoms with E-state index < -0.39 is 0 Å². The minimum atomic E-state index is 0.584. The normalized spacial score (nSPS) is 10.1. The highest BCUT2D eigenvalue weighted by atomic mass is 32.1. The first-order valence-electron chi connectivity index (χ1n) is 4.94. The monoisotopic (exact) mass is 235 g/mol. The zero-order valence-corrected chi connectivity index (χ0v) is 10.0. The van der Waals surface area contributed by atoms with Gasteiger partial charge in [0.1, 0.15) is 11.6 Å².